The van der Waals surface area contributed by atoms with Crippen molar-refractivity contribution in [3.63, 3.8) is 0 Å². The van der Waals surface area contributed by atoms with Crippen molar-refractivity contribution in [3.8, 4) is 0 Å². The summed E-state index contributed by atoms with van der Waals surface area (Å²) < 4.78 is 31.2. The Morgan fingerprint density at radius 3 is 2.65 bits per heavy atom. The van der Waals surface area contributed by atoms with Gasteiger partial charge in [-0.25, -0.2) is 17.9 Å². The van der Waals surface area contributed by atoms with E-state index in [1.807, 2.05) is 0 Å². The number of halogens is 1. The maximum absolute atomic E-state index is 12.1. The van der Waals surface area contributed by atoms with Gasteiger partial charge in [0.25, 0.3) is 0 Å². The highest BCUT2D eigenvalue weighted by Crippen LogP contribution is 2.32. The molecule has 1 aromatic heterocycles. The number of nitrogens with one attached hydrogen (secondary N) is 1. The normalized spacial score (nSPS) is 12.9. The van der Waals surface area contributed by atoms with Gasteiger partial charge in [-0.2, -0.15) is 0 Å². The molecule has 0 fully saturated rings. The molecule has 2 N–H and O–H groups in total. The van der Waals surface area contributed by atoms with E-state index in [1.54, 1.807) is 0 Å². The Labute approximate surface area is 128 Å². The highest BCUT2D eigenvalue weighted by molar-refractivity contribution is 9.11. The van der Waals surface area contributed by atoms with Gasteiger partial charge in [-0.3, -0.25) is 4.79 Å². The molecule has 1 rings (SSSR count). The predicted molar refractivity (Wildman–Crippen MR) is 75.4 cm³/mol. The number of sulfonamides is 1. The fourth-order valence-corrected chi connectivity index (χ4v) is 5.09. The van der Waals surface area contributed by atoms with E-state index in [0.717, 1.165) is 11.3 Å². The predicted octanol–water partition coefficient (Wildman–Crippen LogP) is 1.44. The average Bonchev–Trinajstić information content (AvgIpc) is 2.69. The van der Waals surface area contributed by atoms with Crippen molar-refractivity contribution < 1.29 is 27.9 Å². The third-order valence-electron chi connectivity index (χ3n) is 2.17. The van der Waals surface area contributed by atoms with Crippen LogP contribution >= 0.6 is 27.3 Å². The molecule has 7 nitrogen and oxygen atoms in total. The second-order valence-electron chi connectivity index (χ2n) is 3.86. The van der Waals surface area contributed by atoms with Gasteiger partial charge < -0.3 is 9.84 Å². The van der Waals surface area contributed by atoms with Crippen LogP contribution in [0.5, 0.6) is 0 Å². The van der Waals surface area contributed by atoms with Crippen molar-refractivity contribution >= 4 is 49.2 Å². The van der Waals surface area contributed by atoms with Gasteiger partial charge in [0.2, 0.25) is 10.0 Å². The lowest BCUT2D eigenvalue weighted by molar-refractivity contribution is -0.137. The summed E-state index contributed by atoms with van der Waals surface area (Å²) in [5, 5.41) is 8.61. The Hall–Kier alpha value is -0.970. The van der Waals surface area contributed by atoms with E-state index < -0.39 is 28.0 Å². The van der Waals surface area contributed by atoms with Crippen molar-refractivity contribution in [2.75, 3.05) is 7.11 Å². The third kappa shape index (κ3) is 4.27. The molecule has 0 aromatic carbocycles. The van der Waals surface area contributed by atoms with E-state index in [-0.39, 0.29) is 20.0 Å². The number of carbonyl (C=O) groups excluding carboxylic acids is 1. The Balaban J connectivity index is 3.01. The molecule has 0 amide bonds. The fraction of sp³-hybridized carbons (Fsp3) is 0.400. The van der Waals surface area contributed by atoms with Gasteiger partial charge >= 0.3 is 11.9 Å². The van der Waals surface area contributed by atoms with Gasteiger partial charge in [0.05, 0.1) is 17.3 Å². The van der Waals surface area contributed by atoms with Gasteiger partial charge in [0.1, 0.15) is 9.77 Å². The second-order valence-corrected chi connectivity index (χ2v) is 7.91. The zero-order chi connectivity index (χ0) is 15.5. The Kier molecular flexibility index (Phi) is 5.68. The smallest absolute Gasteiger partial charge is 0.348 e. The maximum Gasteiger partial charge on any atom is 0.348 e. The van der Waals surface area contributed by atoms with Crippen LogP contribution in [-0.4, -0.2) is 38.6 Å². The number of hydrogen-bond acceptors (Lipinski definition) is 6. The van der Waals surface area contributed by atoms with Gasteiger partial charge in [0, 0.05) is 6.04 Å². The lowest BCUT2D eigenvalue weighted by Gasteiger charge is -2.11. The number of methoxy groups -OCH3 is 1. The summed E-state index contributed by atoms with van der Waals surface area (Å²) in [6.45, 7) is 1.44. The largest absolute Gasteiger partial charge is 0.481 e. The second kappa shape index (κ2) is 6.66. The lowest BCUT2D eigenvalue weighted by Crippen LogP contribution is -2.34. The van der Waals surface area contributed by atoms with E-state index in [9.17, 15) is 18.0 Å². The van der Waals surface area contributed by atoms with Crippen molar-refractivity contribution in [3.05, 3.63) is 14.7 Å². The quantitative estimate of drug-likeness (QED) is 0.716. The molecule has 112 valence electrons. The number of aliphatic carboxylic acids is 1. The molecular weight excluding hydrogens is 374 g/mol. The fourth-order valence-electron chi connectivity index (χ4n) is 1.37. The van der Waals surface area contributed by atoms with E-state index in [0.29, 0.717) is 0 Å². The number of carboxylic acids is 1. The summed E-state index contributed by atoms with van der Waals surface area (Å²) in [7, 11) is -2.72. The topological polar surface area (TPSA) is 110 Å². The van der Waals surface area contributed by atoms with Gasteiger partial charge in [0.15, 0.2) is 0 Å². The summed E-state index contributed by atoms with van der Waals surface area (Å²) in [6.07, 6.45) is -0.342. The molecule has 0 aliphatic heterocycles. The number of esters is 1. The molecule has 0 saturated carbocycles. The maximum atomic E-state index is 12.1. The number of carbonyl (C=O) groups is 2. The van der Waals surface area contributed by atoms with Crippen molar-refractivity contribution in [2.24, 2.45) is 0 Å². The number of rotatable bonds is 6. The molecule has 0 aliphatic carbocycles. The molecule has 1 heterocycles. The van der Waals surface area contributed by atoms with E-state index in [2.05, 4.69) is 25.4 Å². The Bertz CT molecular complexity index is 624. The monoisotopic (exact) mass is 385 g/mol. The summed E-state index contributed by atoms with van der Waals surface area (Å²) in [6, 6.07) is 0.405. The highest BCUT2D eigenvalue weighted by atomic mass is 79.9. The molecule has 0 bridgehead atoms. The number of ether oxygens (including phenoxy) is 1. The lowest BCUT2D eigenvalue weighted by atomic mass is 10.3. The van der Waals surface area contributed by atoms with Crippen LogP contribution in [0, 0.1) is 0 Å². The molecule has 0 radical (unpaired) electrons. The summed E-state index contributed by atoms with van der Waals surface area (Å²) in [5.41, 5.74) is 0. The van der Waals surface area contributed by atoms with Crippen LogP contribution < -0.4 is 4.72 Å². The molecule has 0 saturated heterocycles. The molecule has 1 atom stereocenters. The first-order chi connectivity index (χ1) is 9.17. The molecular formula is C10H12BrNO6S2. The summed E-state index contributed by atoms with van der Waals surface area (Å²) >= 11 is 3.99. The van der Waals surface area contributed by atoms with Crippen LogP contribution in [0.4, 0.5) is 0 Å². The van der Waals surface area contributed by atoms with Crippen LogP contribution in [-0.2, 0) is 19.6 Å². The van der Waals surface area contributed by atoms with Crippen LogP contribution in [0.1, 0.15) is 23.0 Å². The zero-order valence-corrected chi connectivity index (χ0v) is 13.8. The third-order valence-corrected chi connectivity index (χ3v) is 5.99. The van der Waals surface area contributed by atoms with Crippen molar-refractivity contribution in [2.45, 2.75) is 24.3 Å². The van der Waals surface area contributed by atoms with Crippen LogP contribution in [0.25, 0.3) is 0 Å². The molecule has 1 aromatic rings. The van der Waals surface area contributed by atoms with Crippen LogP contribution in [0.2, 0.25) is 0 Å². The molecule has 0 aliphatic rings. The van der Waals surface area contributed by atoms with Gasteiger partial charge in [-0.15, -0.1) is 11.3 Å². The first-order valence-electron chi connectivity index (χ1n) is 5.29. The van der Waals surface area contributed by atoms with Crippen molar-refractivity contribution in [1.29, 1.82) is 0 Å². The van der Waals surface area contributed by atoms with Crippen LogP contribution in [0.15, 0.2) is 14.7 Å². The van der Waals surface area contributed by atoms with Gasteiger partial charge in [-0.1, -0.05) is 0 Å². The minimum absolute atomic E-state index is 0.125. The minimum Gasteiger partial charge on any atom is -0.481 e. The average molecular weight is 386 g/mol. The number of hydrogen-bond donors (Lipinski definition) is 2. The first-order valence-corrected chi connectivity index (χ1v) is 8.38. The zero-order valence-electron chi connectivity index (χ0n) is 10.5. The highest BCUT2D eigenvalue weighted by Gasteiger charge is 2.25. The SMILES string of the molecule is COC(=O)c1cc(S(=O)(=O)NC(C)CC(=O)O)c(Br)s1. The Morgan fingerprint density at radius 2 is 2.15 bits per heavy atom. The number of carboxylic acid groups (broad SMARTS) is 1. The number of thiophene rings is 1. The standard InChI is InChI=1S/C10H12BrNO6S2/c1-5(3-8(13)14)12-20(16,17)7-4-6(10(15)18-2)19-9(7)11/h4-5,12H,3H2,1-2H3,(H,13,14). The first kappa shape index (κ1) is 17.1. The van der Waals surface area contributed by atoms with E-state index in [1.165, 1.54) is 20.1 Å². The summed E-state index contributed by atoms with van der Waals surface area (Å²) in [4.78, 5) is 21.9. The molecule has 10 heteroatoms. The van der Waals surface area contributed by atoms with Crippen molar-refractivity contribution in [1.82, 2.24) is 4.72 Å². The minimum atomic E-state index is -3.91. The molecule has 0 spiro atoms. The molecule has 20 heavy (non-hydrogen) atoms. The molecule has 1 unspecified atom stereocenters. The van der Waals surface area contributed by atoms with Crippen LogP contribution in [0.3, 0.4) is 0 Å². The van der Waals surface area contributed by atoms with E-state index in [4.69, 9.17) is 5.11 Å². The Morgan fingerprint density at radius 1 is 1.55 bits per heavy atom. The summed E-state index contributed by atoms with van der Waals surface area (Å²) in [5.74, 6) is -1.75. The van der Waals surface area contributed by atoms with Gasteiger partial charge in [-0.05, 0) is 28.9 Å². The van der Waals surface area contributed by atoms with E-state index >= 15 is 0 Å².